The van der Waals surface area contributed by atoms with E-state index in [0.29, 0.717) is 23.2 Å². The number of rotatable bonds is 8. The Morgan fingerprint density at radius 2 is 1.82 bits per heavy atom. The van der Waals surface area contributed by atoms with Gasteiger partial charge in [-0.15, -0.1) is 11.3 Å². The van der Waals surface area contributed by atoms with E-state index in [9.17, 15) is 4.79 Å². The average molecular weight is 560 g/mol. The van der Waals surface area contributed by atoms with Crippen molar-refractivity contribution in [3.8, 4) is 17.0 Å². The maximum atomic E-state index is 11.6. The van der Waals surface area contributed by atoms with Gasteiger partial charge in [-0.1, -0.05) is 55.1 Å². The van der Waals surface area contributed by atoms with Crippen LogP contribution in [0.25, 0.3) is 11.3 Å². The first-order valence-electron chi connectivity index (χ1n) is 13.0. The number of carbonyl (C=O) groups excluding carboxylic acids is 1. The average Bonchev–Trinajstić information content (AvgIpc) is 3.38. The number of hydrogen-bond donors (Lipinski definition) is 0. The molecule has 1 saturated carbocycles. The molecule has 0 N–H and O–H groups in total. The van der Waals surface area contributed by atoms with Gasteiger partial charge in [-0.3, -0.25) is 4.99 Å². The fourth-order valence-electron chi connectivity index (χ4n) is 4.51. The molecular weight excluding hydrogens is 530 g/mol. The van der Waals surface area contributed by atoms with E-state index in [2.05, 4.69) is 5.38 Å². The monoisotopic (exact) mass is 559 g/mol. The lowest BCUT2D eigenvalue weighted by Crippen LogP contribution is -2.19. The van der Waals surface area contributed by atoms with Gasteiger partial charge in [-0.2, -0.15) is 5.10 Å². The van der Waals surface area contributed by atoms with Gasteiger partial charge in [0.2, 0.25) is 4.80 Å². The minimum Gasteiger partial charge on any atom is -0.489 e. The van der Waals surface area contributed by atoms with Crippen LogP contribution in [-0.2, 0) is 11.3 Å². The van der Waals surface area contributed by atoms with Crippen LogP contribution in [0.2, 0.25) is 5.02 Å². The second-order valence-corrected chi connectivity index (χ2v) is 10.7. The molecule has 0 radical (unpaired) electrons. The molecule has 0 bridgehead atoms. The maximum Gasteiger partial charge on any atom is 0.337 e. The Morgan fingerprint density at radius 3 is 2.54 bits per heavy atom. The van der Waals surface area contributed by atoms with Gasteiger partial charge in [-0.25, -0.2) is 9.47 Å². The molecule has 1 fully saturated rings. The minimum atomic E-state index is -0.352. The molecule has 200 valence electrons. The molecule has 1 aliphatic carbocycles. The Kier molecular flexibility index (Phi) is 8.91. The Bertz CT molecular complexity index is 1500. The molecular formula is C31H30ClN3O3S. The van der Waals surface area contributed by atoms with Crippen LogP contribution < -0.4 is 9.54 Å². The highest BCUT2D eigenvalue weighted by Crippen LogP contribution is 2.25. The number of carbonyl (C=O) groups is 1. The fourth-order valence-corrected chi connectivity index (χ4v) is 5.61. The van der Waals surface area contributed by atoms with Gasteiger partial charge >= 0.3 is 5.97 Å². The lowest BCUT2D eigenvalue weighted by molar-refractivity contribution is 0.0600. The largest absolute Gasteiger partial charge is 0.489 e. The van der Waals surface area contributed by atoms with Crippen molar-refractivity contribution < 1.29 is 14.3 Å². The van der Waals surface area contributed by atoms with E-state index in [4.69, 9.17) is 31.2 Å². The summed E-state index contributed by atoms with van der Waals surface area (Å²) in [5.74, 6) is 0.398. The highest BCUT2D eigenvalue weighted by atomic mass is 35.5. The maximum absolute atomic E-state index is 11.6. The Hall–Kier alpha value is -3.68. The lowest BCUT2D eigenvalue weighted by Gasteiger charge is -2.16. The summed E-state index contributed by atoms with van der Waals surface area (Å²) in [7, 11) is 1.37. The first kappa shape index (κ1) is 26.9. The van der Waals surface area contributed by atoms with E-state index in [1.165, 1.54) is 26.4 Å². The van der Waals surface area contributed by atoms with Crippen molar-refractivity contribution in [1.29, 1.82) is 0 Å². The first-order chi connectivity index (χ1) is 19.1. The number of thiazole rings is 1. The van der Waals surface area contributed by atoms with E-state index in [1.807, 2.05) is 71.6 Å². The zero-order valence-corrected chi connectivity index (χ0v) is 23.3. The van der Waals surface area contributed by atoms with Crippen molar-refractivity contribution in [1.82, 2.24) is 4.68 Å². The number of benzene rings is 3. The Morgan fingerprint density at radius 1 is 1.05 bits per heavy atom. The summed E-state index contributed by atoms with van der Waals surface area (Å²) in [6.07, 6.45) is 7.87. The van der Waals surface area contributed by atoms with Gasteiger partial charge in [0, 0.05) is 16.0 Å². The van der Waals surface area contributed by atoms with Crippen LogP contribution in [0.4, 0.5) is 0 Å². The molecule has 3 aromatic carbocycles. The molecule has 0 unspecified atom stereocenters. The van der Waals surface area contributed by atoms with Gasteiger partial charge < -0.3 is 9.47 Å². The second kappa shape index (κ2) is 12.9. The van der Waals surface area contributed by atoms with Gasteiger partial charge in [0.15, 0.2) is 0 Å². The number of halogens is 1. The number of nitrogens with zero attached hydrogens (tertiary/aromatic N) is 3. The van der Waals surface area contributed by atoms with Gasteiger partial charge in [0.05, 0.1) is 30.6 Å². The molecule has 8 heteroatoms. The normalized spacial score (nSPS) is 14.6. The number of hydrogen-bond acceptors (Lipinski definition) is 6. The molecule has 1 heterocycles. The van der Waals surface area contributed by atoms with Crippen molar-refractivity contribution in [3.63, 3.8) is 0 Å². The molecule has 5 rings (SSSR count). The number of esters is 1. The highest BCUT2D eigenvalue weighted by Gasteiger charge is 2.14. The molecule has 0 atom stereocenters. The highest BCUT2D eigenvalue weighted by molar-refractivity contribution is 7.07. The summed E-state index contributed by atoms with van der Waals surface area (Å²) in [6, 6.07) is 23.2. The summed E-state index contributed by atoms with van der Waals surface area (Å²) in [6.45, 7) is 0.397. The standard InChI is InChI=1S/C31H30ClN3O3S/c1-37-30(36)24-14-10-23(11-15-24)20-38-28-16-12-22(13-17-28)19-33-35-29(25-6-5-7-26(32)18-25)21-39-31(35)34-27-8-3-2-4-9-27/h5-7,10-19,21,27H,2-4,8-9,20H2,1H3. The van der Waals surface area contributed by atoms with E-state index < -0.39 is 0 Å². The second-order valence-electron chi connectivity index (χ2n) is 9.44. The third-order valence-corrected chi connectivity index (χ3v) is 7.72. The molecule has 4 aromatic rings. The van der Waals surface area contributed by atoms with Crippen molar-refractivity contribution >= 4 is 35.1 Å². The van der Waals surface area contributed by atoms with Crippen molar-refractivity contribution in [2.45, 2.75) is 44.8 Å². The molecule has 0 saturated heterocycles. The zero-order valence-electron chi connectivity index (χ0n) is 21.8. The van der Waals surface area contributed by atoms with Crippen LogP contribution >= 0.6 is 22.9 Å². The lowest BCUT2D eigenvalue weighted by atomic mass is 9.96. The quantitative estimate of drug-likeness (QED) is 0.167. The van der Waals surface area contributed by atoms with Crippen molar-refractivity contribution in [2.75, 3.05) is 7.11 Å². The Balaban J connectivity index is 1.32. The summed E-state index contributed by atoms with van der Waals surface area (Å²) in [5, 5.41) is 7.63. The van der Waals surface area contributed by atoms with Gasteiger partial charge in [-0.05, 0) is 72.5 Å². The topological polar surface area (TPSA) is 65.2 Å². The number of ether oxygens (including phenoxy) is 2. The van der Waals surface area contributed by atoms with Crippen molar-refractivity contribution in [3.05, 3.63) is 105 Å². The predicted octanol–water partition coefficient (Wildman–Crippen LogP) is 7.35. The van der Waals surface area contributed by atoms with E-state index >= 15 is 0 Å². The van der Waals surface area contributed by atoms with Crippen LogP contribution in [0.15, 0.2) is 88.3 Å². The molecule has 0 aliphatic heterocycles. The predicted molar refractivity (Wildman–Crippen MR) is 157 cm³/mol. The zero-order chi connectivity index (χ0) is 27.0. The van der Waals surface area contributed by atoms with E-state index in [1.54, 1.807) is 23.5 Å². The van der Waals surface area contributed by atoms with Gasteiger partial charge in [0.25, 0.3) is 0 Å². The van der Waals surface area contributed by atoms with Crippen LogP contribution in [0.1, 0.15) is 53.6 Å². The molecule has 0 amide bonds. The summed E-state index contributed by atoms with van der Waals surface area (Å²) < 4.78 is 12.6. The van der Waals surface area contributed by atoms with Crippen LogP contribution in [0.3, 0.4) is 0 Å². The third kappa shape index (κ3) is 7.05. The van der Waals surface area contributed by atoms with Crippen LogP contribution in [0.5, 0.6) is 5.75 Å². The third-order valence-electron chi connectivity index (χ3n) is 6.66. The fraction of sp³-hybridized carbons (Fsp3) is 0.258. The summed E-state index contributed by atoms with van der Waals surface area (Å²) >= 11 is 7.90. The first-order valence-corrected chi connectivity index (χ1v) is 14.3. The van der Waals surface area contributed by atoms with Crippen LogP contribution in [-0.4, -0.2) is 30.0 Å². The molecule has 1 aromatic heterocycles. The van der Waals surface area contributed by atoms with Crippen LogP contribution in [0, 0.1) is 0 Å². The SMILES string of the molecule is COC(=O)c1ccc(COc2ccc(C=Nn3c(-c4cccc(Cl)c4)csc3=NC3CCCCC3)cc2)cc1. The number of methoxy groups -OCH3 is 1. The molecule has 1 aliphatic rings. The van der Waals surface area contributed by atoms with E-state index in [-0.39, 0.29) is 5.97 Å². The summed E-state index contributed by atoms with van der Waals surface area (Å²) in [4.78, 5) is 17.6. The Labute approximate surface area is 237 Å². The minimum absolute atomic E-state index is 0.346. The molecule has 39 heavy (non-hydrogen) atoms. The van der Waals surface area contributed by atoms with E-state index in [0.717, 1.165) is 45.8 Å². The summed E-state index contributed by atoms with van der Waals surface area (Å²) in [5.41, 5.74) is 4.39. The number of aromatic nitrogens is 1. The smallest absolute Gasteiger partial charge is 0.337 e. The molecule has 0 spiro atoms. The van der Waals surface area contributed by atoms with Gasteiger partial charge in [0.1, 0.15) is 12.4 Å². The molecule has 6 nitrogen and oxygen atoms in total. The van der Waals surface area contributed by atoms with Crippen molar-refractivity contribution in [2.24, 2.45) is 10.1 Å².